The van der Waals surface area contributed by atoms with Crippen LogP contribution in [0.25, 0.3) is 10.2 Å². The highest BCUT2D eigenvalue weighted by atomic mass is 32.2. The van der Waals surface area contributed by atoms with Crippen molar-refractivity contribution < 1.29 is 13.2 Å². The van der Waals surface area contributed by atoms with Gasteiger partial charge in [-0.15, -0.1) is 11.3 Å². The molecule has 0 saturated carbocycles. The molecule has 0 aliphatic carbocycles. The Hall–Kier alpha value is -2.29. The Kier molecular flexibility index (Phi) is 4.12. The minimum atomic E-state index is -3.86. The molecule has 124 valence electrons. The van der Waals surface area contributed by atoms with Gasteiger partial charge in [0, 0.05) is 11.3 Å². The van der Waals surface area contributed by atoms with Crippen LogP contribution in [0.5, 0.6) is 0 Å². The molecule has 0 fully saturated rings. The Bertz CT molecular complexity index is 1060. The van der Waals surface area contributed by atoms with Crippen molar-refractivity contribution in [3.8, 4) is 0 Å². The summed E-state index contributed by atoms with van der Waals surface area (Å²) < 4.78 is 23.9. The van der Waals surface area contributed by atoms with E-state index in [0.717, 1.165) is 15.2 Å². The summed E-state index contributed by atoms with van der Waals surface area (Å²) in [4.78, 5) is 16.8. The number of fused-ring (bicyclic) bond motifs is 1. The van der Waals surface area contributed by atoms with Crippen molar-refractivity contribution in [1.29, 1.82) is 0 Å². The number of thiazole rings is 1. The van der Waals surface area contributed by atoms with Crippen LogP contribution in [-0.4, -0.2) is 19.3 Å². The number of carbonyl (C=O) groups excluding carboxylic acids is 1. The van der Waals surface area contributed by atoms with Gasteiger partial charge >= 0.3 is 0 Å². The average molecular weight is 361 g/mol. The SMILES string of the molecule is Cc1nc2ccc(NC(=O)c3cc(S(N)(=O)=O)ccc3C)cc2s1. The fourth-order valence-electron chi connectivity index (χ4n) is 2.34. The summed E-state index contributed by atoms with van der Waals surface area (Å²) in [5.41, 5.74) is 2.43. The predicted octanol–water partition coefficient (Wildman–Crippen LogP) is 2.81. The Morgan fingerprint density at radius 1 is 1.17 bits per heavy atom. The first-order valence-corrected chi connectivity index (χ1v) is 9.42. The maximum absolute atomic E-state index is 12.5. The number of amides is 1. The number of nitrogens with one attached hydrogen (secondary N) is 1. The van der Waals surface area contributed by atoms with E-state index in [0.29, 0.717) is 11.3 Å². The van der Waals surface area contributed by atoms with Gasteiger partial charge < -0.3 is 5.32 Å². The molecule has 24 heavy (non-hydrogen) atoms. The van der Waals surface area contributed by atoms with E-state index in [1.54, 1.807) is 19.1 Å². The van der Waals surface area contributed by atoms with Gasteiger partial charge in [-0.05, 0) is 49.7 Å². The second-order valence-corrected chi connectivity index (χ2v) is 8.19. The van der Waals surface area contributed by atoms with Crippen molar-refractivity contribution in [2.45, 2.75) is 18.7 Å². The highest BCUT2D eigenvalue weighted by Gasteiger charge is 2.15. The number of aromatic nitrogens is 1. The molecule has 1 aromatic heterocycles. The molecular weight excluding hydrogens is 346 g/mol. The van der Waals surface area contributed by atoms with Crippen LogP contribution in [0.4, 0.5) is 5.69 Å². The molecule has 0 atom stereocenters. The molecule has 1 amide bonds. The van der Waals surface area contributed by atoms with Gasteiger partial charge in [0.15, 0.2) is 0 Å². The molecule has 0 saturated heterocycles. The van der Waals surface area contributed by atoms with Crippen molar-refractivity contribution in [1.82, 2.24) is 4.98 Å². The standard InChI is InChI=1S/C16H15N3O3S2/c1-9-3-5-12(24(17,21)22)8-13(9)16(20)19-11-4-6-14-15(7-11)23-10(2)18-14/h3-8H,1-2H3,(H,19,20)(H2,17,21,22). The van der Waals surface area contributed by atoms with Gasteiger partial charge in [0.05, 0.1) is 20.1 Å². The van der Waals surface area contributed by atoms with Gasteiger partial charge in [-0.1, -0.05) is 6.07 Å². The number of anilines is 1. The first-order chi connectivity index (χ1) is 11.2. The van der Waals surface area contributed by atoms with E-state index in [4.69, 9.17) is 5.14 Å². The Labute approximate surface area is 143 Å². The molecule has 8 heteroatoms. The van der Waals surface area contributed by atoms with Crippen LogP contribution in [0.2, 0.25) is 0 Å². The lowest BCUT2D eigenvalue weighted by atomic mass is 10.1. The zero-order chi connectivity index (χ0) is 17.5. The minimum absolute atomic E-state index is 0.0909. The van der Waals surface area contributed by atoms with Crippen molar-refractivity contribution in [2.75, 3.05) is 5.32 Å². The van der Waals surface area contributed by atoms with E-state index in [-0.39, 0.29) is 10.5 Å². The van der Waals surface area contributed by atoms with Crippen LogP contribution in [0.1, 0.15) is 20.9 Å². The summed E-state index contributed by atoms with van der Waals surface area (Å²) in [6.07, 6.45) is 0. The molecule has 0 radical (unpaired) electrons. The summed E-state index contributed by atoms with van der Waals surface area (Å²) in [5.74, 6) is -0.390. The molecule has 6 nitrogen and oxygen atoms in total. The van der Waals surface area contributed by atoms with E-state index in [1.807, 2.05) is 19.1 Å². The first kappa shape index (κ1) is 16.6. The second kappa shape index (κ2) is 5.97. The quantitative estimate of drug-likeness (QED) is 0.749. The Balaban J connectivity index is 1.93. The maximum atomic E-state index is 12.5. The Morgan fingerprint density at radius 3 is 2.62 bits per heavy atom. The molecule has 0 unspecified atom stereocenters. The molecule has 0 bridgehead atoms. The summed E-state index contributed by atoms with van der Waals surface area (Å²) in [6, 6.07) is 9.67. The number of hydrogen-bond donors (Lipinski definition) is 2. The van der Waals surface area contributed by atoms with Gasteiger partial charge in [0.25, 0.3) is 5.91 Å². The zero-order valence-electron chi connectivity index (χ0n) is 13.0. The molecule has 0 aliphatic heterocycles. The summed E-state index contributed by atoms with van der Waals surface area (Å²) in [6.45, 7) is 3.66. The van der Waals surface area contributed by atoms with Crippen LogP contribution in [0.3, 0.4) is 0 Å². The fourth-order valence-corrected chi connectivity index (χ4v) is 3.74. The number of aryl methyl sites for hydroxylation is 2. The van der Waals surface area contributed by atoms with Crippen molar-refractivity contribution in [3.05, 3.63) is 52.5 Å². The lowest BCUT2D eigenvalue weighted by molar-refractivity contribution is 0.102. The number of rotatable bonds is 3. The molecule has 2 aromatic carbocycles. The largest absolute Gasteiger partial charge is 0.322 e. The number of nitrogens with two attached hydrogens (primary N) is 1. The minimum Gasteiger partial charge on any atom is -0.322 e. The highest BCUT2D eigenvalue weighted by molar-refractivity contribution is 7.89. The number of primary sulfonamides is 1. The van der Waals surface area contributed by atoms with Gasteiger partial charge in [0.1, 0.15) is 0 Å². The third-order valence-electron chi connectivity index (χ3n) is 3.54. The topological polar surface area (TPSA) is 102 Å². The van der Waals surface area contributed by atoms with E-state index in [2.05, 4.69) is 10.3 Å². The lowest BCUT2D eigenvalue weighted by Crippen LogP contribution is -2.17. The Morgan fingerprint density at radius 2 is 1.92 bits per heavy atom. The summed E-state index contributed by atoms with van der Waals surface area (Å²) in [5, 5.41) is 8.86. The molecule has 3 N–H and O–H groups in total. The highest BCUT2D eigenvalue weighted by Crippen LogP contribution is 2.25. The number of benzene rings is 2. The smallest absolute Gasteiger partial charge is 0.255 e. The third kappa shape index (κ3) is 3.30. The third-order valence-corrected chi connectivity index (χ3v) is 5.38. The van der Waals surface area contributed by atoms with E-state index in [9.17, 15) is 13.2 Å². The monoisotopic (exact) mass is 361 g/mol. The normalized spacial score (nSPS) is 11.6. The first-order valence-electron chi connectivity index (χ1n) is 7.06. The number of nitrogens with zero attached hydrogens (tertiary/aromatic N) is 1. The van der Waals surface area contributed by atoms with Crippen LogP contribution >= 0.6 is 11.3 Å². The van der Waals surface area contributed by atoms with Crippen molar-refractivity contribution in [2.24, 2.45) is 5.14 Å². The van der Waals surface area contributed by atoms with Gasteiger partial charge in [-0.2, -0.15) is 0 Å². The van der Waals surface area contributed by atoms with Crippen LogP contribution in [0.15, 0.2) is 41.3 Å². The van der Waals surface area contributed by atoms with Gasteiger partial charge in [-0.3, -0.25) is 4.79 Å². The maximum Gasteiger partial charge on any atom is 0.255 e. The van der Waals surface area contributed by atoms with Crippen LogP contribution in [0, 0.1) is 13.8 Å². The number of hydrogen-bond acceptors (Lipinski definition) is 5. The van der Waals surface area contributed by atoms with Crippen molar-refractivity contribution >= 4 is 43.2 Å². The fraction of sp³-hybridized carbons (Fsp3) is 0.125. The molecule has 3 aromatic rings. The second-order valence-electron chi connectivity index (χ2n) is 5.39. The predicted molar refractivity (Wildman–Crippen MR) is 94.9 cm³/mol. The van der Waals surface area contributed by atoms with Gasteiger partial charge in [-0.25, -0.2) is 18.5 Å². The molecule has 1 heterocycles. The van der Waals surface area contributed by atoms with Crippen LogP contribution < -0.4 is 10.5 Å². The van der Waals surface area contributed by atoms with Gasteiger partial charge in [0.2, 0.25) is 10.0 Å². The molecule has 0 aliphatic rings. The number of carbonyl (C=O) groups is 1. The van der Waals surface area contributed by atoms with Crippen molar-refractivity contribution in [3.63, 3.8) is 0 Å². The van der Waals surface area contributed by atoms with E-state index >= 15 is 0 Å². The van der Waals surface area contributed by atoms with E-state index in [1.165, 1.54) is 23.5 Å². The lowest BCUT2D eigenvalue weighted by Gasteiger charge is -2.09. The van der Waals surface area contributed by atoms with E-state index < -0.39 is 15.9 Å². The van der Waals surface area contributed by atoms with Crippen LogP contribution in [-0.2, 0) is 10.0 Å². The molecule has 0 spiro atoms. The average Bonchev–Trinajstić information content (AvgIpc) is 2.85. The molecular formula is C16H15N3O3S2. The summed E-state index contributed by atoms with van der Waals surface area (Å²) >= 11 is 1.54. The number of sulfonamides is 1. The zero-order valence-corrected chi connectivity index (χ0v) is 14.7. The summed E-state index contributed by atoms with van der Waals surface area (Å²) in [7, 11) is -3.86. The molecule has 3 rings (SSSR count).